The second-order valence-electron chi connectivity index (χ2n) is 8.64. The normalized spacial score (nSPS) is 15.0. The first-order valence-electron chi connectivity index (χ1n) is 11.0. The van der Waals surface area contributed by atoms with Crippen molar-refractivity contribution in [2.75, 3.05) is 6.54 Å². The van der Waals surface area contributed by atoms with Gasteiger partial charge in [0.05, 0.1) is 11.3 Å². The van der Waals surface area contributed by atoms with Gasteiger partial charge in [-0.05, 0) is 61.7 Å². The van der Waals surface area contributed by atoms with E-state index in [9.17, 15) is 19.1 Å². The summed E-state index contributed by atoms with van der Waals surface area (Å²) < 4.78 is 15.2. The molecule has 166 valence electrons. The van der Waals surface area contributed by atoms with E-state index in [-0.39, 0.29) is 17.3 Å². The number of nitrogens with one attached hydrogen (secondary N) is 1. The number of halogens is 1. The molecule has 1 aliphatic heterocycles. The summed E-state index contributed by atoms with van der Waals surface area (Å²) in [6, 6.07) is 11.2. The highest BCUT2D eigenvalue weighted by atomic mass is 19.1. The topological polar surface area (TPSA) is 91.2 Å². The smallest absolute Gasteiger partial charge is 0.335 e. The summed E-state index contributed by atoms with van der Waals surface area (Å²) in [6.07, 6.45) is 3.25. The molecule has 0 unspecified atom stereocenters. The van der Waals surface area contributed by atoms with Crippen LogP contribution in [-0.2, 0) is 25.8 Å². The molecular weight excluding hydrogens is 423 g/mol. The molecule has 0 radical (unpaired) electrons. The molecule has 2 aliphatic rings. The molecule has 0 saturated carbocycles. The van der Waals surface area contributed by atoms with Gasteiger partial charge in [-0.2, -0.15) is 5.10 Å². The van der Waals surface area contributed by atoms with Crippen LogP contribution >= 0.6 is 0 Å². The maximum Gasteiger partial charge on any atom is 0.335 e. The summed E-state index contributed by atoms with van der Waals surface area (Å²) in [5.74, 6) is -1.41. The van der Waals surface area contributed by atoms with Gasteiger partial charge >= 0.3 is 5.97 Å². The Morgan fingerprint density at radius 3 is 2.64 bits per heavy atom. The van der Waals surface area contributed by atoms with E-state index in [1.807, 2.05) is 0 Å². The van der Waals surface area contributed by atoms with Crippen LogP contribution in [0, 0.1) is 5.82 Å². The summed E-state index contributed by atoms with van der Waals surface area (Å²) >= 11 is 0. The number of aromatic amines is 1. The lowest BCUT2D eigenvalue weighted by atomic mass is 10.0. The highest BCUT2D eigenvalue weighted by Gasteiger charge is 2.32. The predicted molar refractivity (Wildman–Crippen MR) is 119 cm³/mol. The summed E-state index contributed by atoms with van der Waals surface area (Å²) in [4.78, 5) is 30.2. The summed E-state index contributed by atoms with van der Waals surface area (Å²) in [6.45, 7) is 0.956. The number of H-pyrrole nitrogens is 1. The zero-order valence-corrected chi connectivity index (χ0v) is 17.8. The van der Waals surface area contributed by atoms with Gasteiger partial charge < -0.3 is 15.0 Å². The minimum atomic E-state index is -0.975. The maximum atomic E-state index is 13.6. The SMILES string of the molecule is O=C(O)c1ccc2[nH]c3c(c2c1)CN(C(=O)c1nn(-c2ccc(F)cc2)c2c1CCC2)CC3. The van der Waals surface area contributed by atoms with Crippen molar-refractivity contribution in [1.82, 2.24) is 19.7 Å². The number of amides is 1. The lowest BCUT2D eigenvalue weighted by molar-refractivity contribution is 0.0694. The lowest BCUT2D eigenvalue weighted by Crippen LogP contribution is -2.36. The second kappa shape index (κ2) is 7.30. The zero-order chi connectivity index (χ0) is 22.7. The van der Waals surface area contributed by atoms with Gasteiger partial charge in [0.1, 0.15) is 5.82 Å². The first-order chi connectivity index (χ1) is 16.0. The summed E-state index contributed by atoms with van der Waals surface area (Å²) in [7, 11) is 0. The van der Waals surface area contributed by atoms with E-state index < -0.39 is 5.97 Å². The number of fused-ring (bicyclic) bond motifs is 4. The Balaban J connectivity index is 1.36. The van der Waals surface area contributed by atoms with Crippen molar-refractivity contribution in [2.24, 2.45) is 0 Å². The van der Waals surface area contributed by atoms with Gasteiger partial charge in [-0.1, -0.05) is 0 Å². The van der Waals surface area contributed by atoms with E-state index in [2.05, 4.69) is 10.1 Å². The van der Waals surface area contributed by atoms with Crippen LogP contribution in [-0.4, -0.2) is 43.2 Å². The Bertz CT molecular complexity index is 1430. The molecule has 1 aliphatic carbocycles. The summed E-state index contributed by atoms with van der Waals surface area (Å²) in [5, 5.41) is 14.9. The Kier molecular flexibility index (Phi) is 4.36. The Labute approximate surface area is 188 Å². The van der Waals surface area contributed by atoms with Gasteiger partial charge in [-0.25, -0.2) is 13.9 Å². The van der Waals surface area contributed by atoms with Gasteiger partial charge in [-0.3, -0.25) is 4.79 Å². The Morgan fingerprint density at radius 2 is 1.85 bits per heavy atom. The van der Waals surface area contributed by atoms with Gasteiger partial charge in [0.15, 0.2) is 5.69 Å². The first kappa shape index (κ1) is 19.7. The minimum Gasteiger partial charge on any atom is -0.478 e. The third-order valence-electron chi connectivity index (χ3n) is 6.71. The van der Waals surface area contributed by atoms with Gasteiger partial charge in [-0.15, -0.1) is 0 Å². The number of carboxylic acid groups (broad SMARTS) is 1. The lowest BCUT2D eigenvalue weighted by Gasteiger charge is -2.27. The largest absolute Gasteiger partial charge is 0.478 e. The minimum absolute atomic E-state index is 0.122. The standard InChI is InChI=1S/C25H21FN4O3/c26-15-5-7-16(8-6-15)30-22-3-1-2-17(22)23(28-30)24(31)29-11-10-21-19(13-29)18-12-14(25(32)33)4-9-20(18)27-21/h4-9,12,27H,1-3,10-11,13H2,(H,32,33). The third-order valence-corrected chi connectivity index (χ3v) is 6.71. The quantitative estimate of drug-likeness (QED) is 0.502. The first-order valence-corrected chi connectivity index (χ1v) is 11.0. The van der Waals surface area contributed by atoms with Crippen LogP contribution in [0.25, 0.3) is 16.6 Å². The van der Waals surface area contributed by atoms with Gasteiger partial charge in [0.2, 0.25) is 0 Å². The van der Waals surface area contributed by atoms with Crippen LogP contribution in [0.5, 0.6) is 0 Å². The monoisotopic (exact) mass is 444 g/mol. The average Bonchev–Trinajstić information content (AvgIpc) is 3.52. The number of nitrogens with zero attached hydrogens (tertiary/aromatic N) is 3. The number of rotatable bonds is 3. The molecule has 2 aromatic heterocycles. The van der Waals surface area contributed by atoms with Crippen LogP contribution in [0.1, 0.15) is 49.8 Å². The molecule has 0 saturated heterocycles. The molecule has 2 aromatic carbocycles. The number of carbonyl (C=O) groups is 2. The van der Waals surface area contributed by atoms with Gasteiger partial charge in [0, 0.05) is 52.9 Å². The molecule has 8 heteroatoms. The van der Waals surface area contributed by atoms with Crippen LogP contribution < -0.4 is 0 Å². The van der Waals surface area contributed by atoms with Gasteiger partial charge in [0.25, 0.3) is 5.91 Å². The molecule has 4 aromatic rings. The van der Waals surface area contributed by atoms with Crippen molar-refractivity contribution in [3.63, 3.8) is 0 Å². The molecule has 0 atom stereocenters. The van der Waals surface area contributed by atoms with E-state index in [1.54, 1.807) is 39.9 Å². The third kappa shape index (κ3) is 3.13. The second-order valence-corrected chi connectivity index (χ2v) is 8.64. The number of carboxylic acids is 1. The summed E-state index contributed by atoms with van der Waals surface area (Å²) in [5.41, 5.74) is 6.29. The fourth-order valence-electron chi connectivity index (χ4n) is 5.08. The molecule has 0 bridgehead atoms. The fourth-order valence-corrected chi connectivity index (χ4v) is 5.08. The number of hydrogen-bond acceptors (Lipinski definition) is 3. The number of aromatic nitrogens is 3. The molecule has 2 N–H and O–H groups in total. The number of benzene rings is 2. The average molecular weight is 444 g/mol. The van der Waals surface area contributed by atoms with Crippen LogP contribution in [0.4, 0.5) is 4.39 Å². The van der Waals surface area contributed by atoms with Crippen LogP contribution in [0.15, 0.2) is 42.5 Å². The molecule has 7 nitrogen and oxygen atoms in total. The Morgan fingerprint density at radius 1 is 1.03 bits per heavy atom. The number of carbonyl (C=O) groups excluding carboxylic acids is 1. The molecule has 0 fully saturated rings. The molecular formula is C25H21FN4O3. The molecule has 0 spiro atoms. The predicted octanol–water partition coefficient (Wildman–Crippen LogP) is 3.88. The van der Waals surface area contributed by atoms with E-state index in [1.165, 1.54) is 12.1 Å². The highest BCUT2D eigenvalue weighted by molar-refractivity contribution is 5.97. The van der Waals surface area contributed by atoms with E-state index in [0.717, 1.165) is 58.4 Å². The van der Waals surface area contributed by atoms with E-state index >= 15 is 0 Å². The molecule has 6 rings (SSSR count). The number of aromatic carboxylic acids is 1. The number of hydrogen-bond donors (Lipinski definition) is 2. The van der Waals surface area contributed by atoms with Crippen LogP contribution in [0.3, 0.4) is 0 Å². The van der Waals surface area contributed by atoms with E-state index in [4.69, 9.17) is 0 Å². The van der Waals surface area contributed by atoms with Crippen molar-refractivity contribution < 1.29 is 19.1 Å². The van der Waals surface area contributed by atoms with Crippen molar-refractivity contribution in [3.05, 3.63) is 82.1 Å². The zero-order valence-electron chi connectivity index (χ0n) is 17.8. The highest BCUT2D eigenvalue weighted by Crippen LogP contribution is 2.32. The van der Waals surface area contributed by atoms with E-state index in [0.29, 0.717) is 25.2 Å². The molecule has 33 heavy (non-hydrogen) atoms. The van der Waals surface area contributed by atoms with Crippen molar-refractivity contribution in [3.8, 4) is 5.69 Å². The molecule has 3 heterocycles. The van der Waals surface area contributed by atoms with Crippen molar-refractivity contribution in [2.45, 2.75) is 32.2 Å². The maximum absolute atomic E-state index is 13.6. The van der Waals surface area contributed by atoms with Crippen LogP contribution in [0.2, 0.25) is 0 Å². The molecule has 1 amide bonds. The van der Waals surface area contributed by atoms with Crippen molar-refractivity contribution in [1.29, 1.82) is 0 Å². The Hall–Kier alpha value is -3.94. The fraction of sp³-hybridized carbons (Fsp3) is 0.240. The van der Waals surface area contributed by atoms with Crippen molar-refractivity contribution >= 4 is 22.8 Å².